The predicted molar refractivity (Wildman–Crippen MR) is 106 cm³/mol. The average molecular weight is 443 g/mol. The van der Waals surface area contributed by atoms with E-state index in [1.54, 1.807) is 19.2 Å². The Kier molecular flexibility index (Phi) is 9.33. The lowest BCUT2D eigenvalue weighted by Crippen LogP contribution is -2.33. The number of nitrogens with one attached hydrogen (secondary N) is 1. The van der Waals surface area contributed by atoms with Crippen molar-refractivity contribution in [2.45, 2.75) is 12.5 Å². The molecule has 0 aliphatic rings. The van der Waals surface area contributed by atoms with Crippen LogP contribution < -0.4 is 11.1 Å². The van der Waals surface area contributed by atoms with Crippen LogP contribution in [-0.4, -0.2) is 26.2 Å². The summed E-state index contributed by atoms with van der Waals surface area (Å²) in [4.78, 5) is 4.29. The molecule has 2 rings (SSSR count). The van der Waals surface area contributed by atoms with Crippen molar-refractivity contribution < 1.29 is 9.13 Å². The molecule has 130 valence electrons. The summed E-state index contributed by atoms with van der Waals surface area (Å²) < 4.78 is 18.3. The molecule has 0 heterocycles. The quantitative estimate of drug-likeness (QED) is 0.393. The summed E-state index contributed by atoms with van der Waals surface area (Å²) >= 11 is 0. The number of rotatable bonds is 7. The summed E-state index contributed by atoms with van der Waals surface area (Å²) in [5, 5.41) is 3.08. The minimum atomic E-state index is -0.269. The Bertz CT molecular complexity index is 620. The topological polar surface area (TPSA) is 59.6 Å². The second-order valence-electron chi connectivity index (χ2n) is 5.16. The Morgan fingerprint density at radius 2 is 1.83 bits per heavy atom. The first-order valence-corrected chi connectivity index (χ1v) is 7.55. The first-order chi connectivity index (χ1) is 11.2. The zero-order valence-electron chi connectivity index (χ0n) is 13.6. The van der Waals surface area contributed by atoms with Crippen molar-refractivity contribution in [3.63, 3.8) is 0 Å². The second-order valence-corrected chi connectivity index (χ2v) is 5.16. The molecular formula is C18H23FIN3O. The number of nitrogens with two attached hydrogens (primary N) is 1. The molecule has 0 amide bonds. The van der Waals surface area contributed by atoms with Crippen molar-refractivity contribution in [3.8, 4) is 0 Å². The molecule has 0 radical (unpaired) electrons. The van der Waals surface area contributed by atoms with E-state index in [1.807, 2.05) is 18.2 Å². The van der Waals surface area contributed by atoms with Crippen molar-refractivity contribution in [1.29, 1.82) is 0 Å². The van der Waals surface area contributed by atoms with Crippen LogP contribution in [0.2, 0.25) is 0 Å². The van der Waals surface area contributed by atoms with E-state index in [4.69, 9.17) is 10.5 Å². The van der Waals surface area contributed by atoms with Crippen LogP contribution in [0.15, 0.2) is 59.6 Å². The third-order valence-electron chi connectivity index (χ3n) is 3.52. The number of benzene rings is 2. The predicted octanol–water partition coefficient (Wildman–Crippen LogP) is 3.28. The van der Waals surface area contributed by atoms with Gasteiger partial charge in [-0.2, -0.15) is 0 Å². The van der Waals surface area contributed by atoms with Crippen LogP contribution >= 0.6 is 24.0 Å². The molecule has 0 saturated heterocycles. The van der Waals surface area contributed by atoms with Gasteiger partial charge in [0, 0.05) is 13.7 Å². The van der Waals surface area contributed by atoms with Gasteiger partial charge in [-0.15, -0.1) is 24.0 Å². The van der Waals surface area contributed by atoms with Gasteiger partial charge >= 0.3 is 0 Å². The van der Waals surface area contributed by atoms with E-state index >= 15 is 0 Å². The first-order valence-electron chi connectivity index (χ1n) is 7.55. The molecule has 6 heteroatoms. The fourth-order valence-corrected chi connectivity index (χ4v) is 2.21. The van der Waals surface area contributed by atoms with Gasteiger partial charge < -0.3 is 15.8 Å². The Balaban J connectivity index is 0.00000288. The number of nitrogens with zero attached hydrogens (tertiary/aromatic N) is 1. The summed E-state index contributed by atoms with van der Waals surface area (Å²) in [5.41, 5.74) is 7.98. The SMILES string of the molecule is COC(CN=C(N)NCCc1ccccc1)c1ccc(F)cc1.I. The van der Waals surface area contributed by atoms with E-state index in [2.05, 4.69) is 22.4 Å². The number of ether oxygens (including phenoxy) is 1. The Hall–Kier alpha value is -1.67. The highest BCUT2D eigenvalue weighted by atomic mass is 127. The molecule has 4 nitrogen and oxygen atoms in total. The maximum absolute atomic E-state index is 12.9. The molecule has 1 atom stereocenters. The highest BCUT2D eigenvalue weighted by Gasteiger charge is 2.10. The molecular weight excluding hydrogens is 420 g/mol. The van der Waals surface area contributed by atoms with Gasteiger partial charge in [0.05, 0.1) is 6.54 Å². The Morgan fingerprint density at radius 3 is 2.46 bits per heavy atom. The lowest BCUT2D eigenvalue weighted by Gasteiger charge is -2.14. The van der Waals surface area contributed by atoms with Crippen LogP contribution in [0.25, 0.3) is 0 Å². The van der Waals surface area contributed by atoms with Gasteiger partial charge in [0.25, 0.3) is 0 Å². The lowest BCUT2D eigenvalue weighted by molar-refractivity contribution is 0.111. The molecule has 0 saturated carbocycles. The molecule has 24 heavy (non-hydrogen) atoms. The largest absolute Gasteiger partial charge is 0.375 e. The van der Waals surface area contributed by atoms with Crippen LogP contribution in [0.4, 0.5) is 4.39 Å². The smallest absolute Gasteiger partial charge is 0.188 e. The van der Waals surface area contributed by atoms with Gasteiger partial charge in [0.15, 0.2) is 5.96 Å². The molecule has 0 bridgehead atoms. The second kappa shape index (κ2) is 11.0. The number of aliphatic imine (C=N–C) groups is 1. The molecule has 3 N–H and O–H groups in total. The first kappa shape index (κ1) is 20.4. The number of halogens is 2. The molecule has 1 unspecified atom stereocenters. The summed E-state index contributed by atoms with van der Waals surface area (Å²) in [6.07, 6.45) is 0.632. The molecule has 0 spiro atoms. The van der Waals surface area contributed by atoms with Crippen LogP contribution in [0.3, 0.4) is 0 Å². The third-order valence-corrected chi connectivity index (χ3v) is 3.52. The summed E-state index contributed by atoms with van der Waals surface area (Å²) in [7, 11) is 1.60. The molecule has 0 aromatic heterocycles. The monoisotopic (exact) mass is 443 g/mol. The van der Waals surface area contributed by atoms with Gasteiger partial charge in [-0.1, -0.05) is 42.5 Å². The van der Waals surface area contributed by atoms with E-state index < -0.39 is 0 Å². The highest BCUT2D eigenvalue weighted by molar-refractivity contribution is 14.0. The molecule has 0 fully saturated rings. The summed E-state index contributed by atoms with van der Waals surface area (Å²) in [6.45, 7) is 1.10. The van der Waals surface area contributed by atoms with Crippen molar-refractivity contribution in [2.75, 3.05) is 20.2 Å². The van der Waals surface area contributed by atoms with E-state index in [0.29, 0.717) is 19.0 Å². The van der Waals surface area contributed by atoms with Crippen LogP contribution in [0.1, 0.15) is 17.2 Å². The minimum absolute atomic E-state index is 0. The fraction of sp³-hybridized carbons (Fsp3) is 0.278. The fourth-order valence-electron chi connectivity index (χ4n) is 2.21. The van der Waals surface area contributed by atoms with Crippen molar-refractivity contribution >= 4 is 29.9 Å². The maximum atomic E-state index is 12.9. The standard InChI is InChI=1S/C18H22FN3O.HI/c1-23-17(15-7-9-16(19)10-8-15)13-22-18(20)21-12-11-14-5-3-2-4-6-14;/h2-10,17H,11-13H2,1H3,(H3,20,21,22);1H. The molecule has 0 aliphatic heterocycles. The highest BCUT2D eigenvalue weighted by Crippen LogP contribution is 2.17. The number of hydrogen-bond donors (Lipinski definition) is 2. The van der Waals surface area contributed by atoms with Gasteiger partial charge in [0.1, 0.15) is 11.9 Å². The van der Waals surface area contributed by atoms with Crippen molar-refractivity contribution in [2.24, 2.45) is 10.7 Å². The zero-order valence-corrected chi connectivity index (χ0v) is 15.9. The van der Waals surface area contributed by atoms with Crippen molar-refractivity contribution in [3.05, 3.63) is 71.5 Å². The summed E-state index contributed by atoms with van der Waals surface area (Å²) in [5.74, 6) is 0.110. The van der Waals surface area contributed by atoms with E-state index in [1.165, 1.54) is 17.7 Å². The van der Waals surface area contributed by atoms with Gasteiger partial charge in [-0.25, -0.2) is 4.39 Å². The van der Waals surface area contributed by atoms with Gasteiger partial charge in [0.2, 0.25) is 0 Å². The lowest BCUT2D eigenvalue weighted by atomic mass is 10.1. The normalized spacial score (nSPS) is 12.3. The van der Waals surface area contributed by atoms with Crippen molar-refractivity contribution in [1.82, 2.24) is 5.32 Å². The van der Waals surface area contributed by atoms with E-state index in [9.17, 15) is 4.39 Å². The van der Waals surface area contributed by atoms with E-state index in [0.717, 1.165) is 12.0 Å². The maximum Gasteiger partial charge on any atom is 0.188 e. The molecule has 2 aromatic rings. The Labute approximate surface area is 159 Å². The number of hydrogen-bond acceptors (Lipinski definition) is 2. The minimum Gasteiger partial charge on any atom is -0.375 e. The molecule has 0 aliphatic carbocycles. The summed E-state index contributed by atoms with van der Waals surface area (Å²) in [6, 6.07) is 16.4. The molecule has 2 aromatic carbocycles. The van der Waals surface area contributed by atoms with Crippen LogP contribution in [0, 0.1) is 5.82 Å². The van der Waals surface area contributed by atoms with Gasteiger partial charge in [-0.3, -0.25) is 4.99 Å². The number of methoxy groups -OCH3 is 1. The average Bonchev–Trinajstić information content (AvgIpc) is 2.58. The zero-order chi connectivity index (χ0) is 16.5. The van der Waals surface area contributed by atoms with Crippen LogP contribution in [0.5, 0.6) is 0 Å². The van der Waals surface area contributed by atoms with Crippen LogP contribution in [-0.2, 0) is 11.2 Å². The van der Waals surface area contributed by atoms with Gasteiger partial charge in [-0.05, 0) is 29.7 Å². The van der Waals surface area contributed by atoms with E-state index in [-0.39, 0.29) is 35.9 Å². The third kappa shape index (κ3) is 6.84. The Morgan fingerprint density at radius 1 is 1.17 bits per heavy atom. The number of guanidine groups is 1.